The van der Waals surface area contributed by atoms with E-state index in [1.165, 1.54) is 6.08 Å². The summed E-state index contributed by atoms with van der Waals surface area (Å²) < 4.78 is 0. The second-order valence-corrected chi connectivity index (χ2v) is 6.63. The van der Waals surface area contributed by atoms with Crippen LogP contribution >= 0.6 is 0 Å². The Kier molecular flexibility index (Phi) is 7.51. The minimum atomic E-state index is -0.450. The Morgan fingerprint density at radius 3 is 2.18 bits per heavy atom. The van der Waals surface area contributed by atoms with E-state index in [1.807, 2.05) is 63.2 Å². The minimum absolute atomic E-state index is 0.0217. The van der Waals surface area contributed by atoms with E-state index >= 15 is 0 Å². The molecule has 3 N–H and O–H groups in total. The molecular weight excluding hydrogens is 354 g/mol. The Bertz CT molecular complexity index is 886. The maximum Gasteiger partial charge on any atom is 0.262 e. The maximum absolute atomic E-state index is 11.9. The fraction of sp³-hybridized carbons (Fsp3) is 0.227. The number of benzene rings is 2. The molecule has 0 aromatic heterocycles. The fourth-order valence-electron chi connectivity index (χ4n) is 2.35. The Labute approximate surface area is 165 Å². The lowest BCUT2D eigenvalue weighted by Gasteiger charge is -2.08. The highest BCUT2D eigenvalue weighted by atomic mass is 16.2. The van der Waals surface area contributed by atoms with E-state index in [-0.39, 0.29) is 18.7 Å². The Morgan fingerprint density at radius 2 is 1.50 bits per heavy atom. The van der Waals surface area contributed by atoms with Crippen LogP contribution in [0.2, 0.25) is 0 Å². The molecule has 146 valence electrons. The number of carbonyl (C=O) groups excluding carboxylic acids is 3. The zero-order valence-electron chi connectivity index (χ0n) is 16.3. The van der Waals surface area contributed by atoms with Crippen molar-refractivity contribution in [3.8, 4) is 0 Å². The summed E-state index contributed by atoms with van der Waals surface area (Å²) in [5.74, 6) is -1.15. The summed E-state index contributed by atoms with van der Waals surface area (Å²) in [5, 5.41) is 2.76. The lowest BCUT2D eigenvalue weighted by Crippen LogP contribution is -2.41. The van der Waals surface area contributed by atoms with Gasteiger partial charge in [-0.25, -0.2) is 0 Å². The van der Waals surface area contributed by atoms with Crippen molar-refractivity contribution in [2.24, 2.45) is 0 Å². The van der Waals surface area contributed by atoms with Crippen molar-refractivity contribution in [2.45, 2.75) is 33.6 Å². The number of aryl methyl sites for hydroxylation is 3. The van der Waals surface area contributed by atoms with Gasteiger partial charge in [0.05, 0.1) is 0 Å². The van der Waals surface area contributed by atoms with Crippen LogP contribution in [0.15, 0.2) is 48.5 Å². The van der Waals surface area contributed by atoms with Crippen LogP contribution in [0.3, 0.4) is 0 Å². The highest BCUT2D eigenvalue weighted by Crippen LogP contribution is 2.14. The van der Waals surface area contributed by atoms with Gasteiger partial charge in [0.1, 0.15) is 0 Å². The zero-order chi connectivity index (χ0) is 20.5. The quantitative estimate of drug-likeness (QED) is 0.532. The fourth-order valence-corrected chi connectivity index (χ4v) is 2.35. The van der Waals surface area contributed by atoms with Crippen LogP contribution in [-0.2, 0) is 14.4 Å². The molecule has 0 atom stereocenters. The van der Waals surface area contributed by atoms with Gasteiger partial charge in [-0.1, -0.05) is 35.9 Å². The largest absolute Gasteiger partial charge is 0.326 e. The summed E-state index contributed by atoms with van der Waals surface area (Å²) in [6.45, 7) is 5.95. The van der Waals surface area contributed by atoms with E-state index in [0.717, 1.165) is 22.3 Å². The molecule has 0 saturated heterocycles. The third-order valence-corrected chi connectivity index (χ3v) is 4.20. The summed E-state index contributed by atoms with van der Waals surface area (Å²) in [7, 11) is 0. The number of hydrogen-bond donors (Lipinski definition) is 3. The van der Waals surface area contributed by atoms with Crippen LogP contribution in [0.25, 0.3) is 6.08 Å². The van der Waals surface area contributed by atoms with Crippen molar-refractivity contribution in [2.75, 3.05) is 5.32 Å². The lowest BCUT2D eigenvalue weighted by atomic mass is 10.1. The van der Waals surface area contributed by atoms with Crippen LogP contribution in [0, 0.1) is 20.8 Å². The SMILES string of the molecule is Cc1ccc(/C=C/C(=O)NNC(=O)CCC(=O)Nc2ccc(C)c(C)c2)cc1. The first-order chi connectivity index (χ1) is 13.3. The van der Waals surface area contributed by atoms with Gasteiger partial charge in [0, 0.05) is 24.6 Å². The number of carbonyl (C=O) groups is 3. The van der Waals surface area contributed by atoms with Crippen LogP contribution in [0.1, 0.15) is 35.1 Å². The third-order valence-electron chi connectivity index (χ3n) is 4.20. The molecular formula is C22H25N3O3. The van der Waals surface area contributed by atoms with E-state index in [0.29, 0.717) is 5.69 Å². The van der Waals surface area contributed by atoms with Gasteiger partial charge in [-0.2, -0.15) is 0 Å². The monoisotopic (exact) mass is 379 g/mol. The molecule has 2 rings (SSSR count). The molecule has 6 heteroatoms. The molecule has 0 radical (unpaired) electrons. The Balaban J connectivity index is 1.70. The first-order valence-electron chi connectivity index (χ1n) is 9.04. The molecule has 6 nitrogen and oxygen atoms in total. The molecule has 0 saturated carbocycles. The van der Waals surface area contributed by atoms with Gasteiger partial charge in [0.25, 0.3) is 5.91 Å². The first kappa shape index (κ1) is 20.9. The Morgan fingerprint density at radius 1 is 0.821 bits per heavy atom. The van der Waals surface area contributed by atoms with Crippen molar-refractivity contribution in [3.05, 3.63) is 70.8 Å². The molecule has 0 spiro atoms. The normalized spacial score (nSPS) is 10.5. The molecule has 0 bridgehead atoms. The van der Waals surface area contributed by atoms with Gasteiger partial charge in [0.15, 0.2) is 0 Å². The average molecular weight is 379 g/mol. The van der Waals surface area contributed by atoms with Gasteiger partial charge in [-0.3, -0.25) is 25.2 Å². The van der Waals surface area contributed by atoms with Crippen molar-refractivity contribution in [1.29, 1.82) is 0 Å². The molecule has 0 aliphatic heterocycles. The molecule has 0 aliphatic rings. The second kappa shape index (κ2) is 10.1. The standard InChI is InChI=1S/C22H25N3O3/c1-15-4-7-18(8-5-15)9-11-21(27)24-25-22(28)13-12-20(26)23-19-10-6-16(2)17(3)14-19/h4-11,14H,12-13H2,1-3H3,(H,23,26)(H,24,27)(H,25,28)/b11-9+. The summed E-state index contributed by atoms with van der Waals surface area (Å²) in [5.41, 5.74) is 9.53. The number of rotatable bonds is 6. The van der Waals surface area contributed by atoms with E-state index < -0.39 is 11.8 Å². The van der Waals surface area contributed by atoms with E-state index in [4.69, 9.17) is 0 Å². The van der Waals surface area contributed by atoms with Crippen LogP contribution < -0.4 is 16.2 Å². The lowest BCUT2D eigenvalue weighted by molar-refractivity contribution is -0.128. The number of amides is 3. The number of nitrogens with one attached hydrogen (secondary N) is 3. The van der Waals surface area contributed by atoms with Crippen LogP contribution in [0.4, 0.5) is 5.69 Å². The van der Waals surface area contributed by atoms with Crippen LogP contribution in [0.5, 0.6) is 0 Å². The van der Waals surface area contributed by atoms with Gasteiger partial charge in [0.2, 0.25) is 11.8 Å². The predicted molar refractivity (Wildman–Crippen MR) is 110 cm³/mol. The summed E-state index contributed by atoms with van der Waals surface area (Å²) in [6, 6.07) is 13.3. The molecule has 2 aromatic rings. The average Bonchev–Trinajstić information content (AvgIpc) is 2.67. The summed E-state index contributed by atoms with van der Waals surface area (Å²) in [6.07, 6.45) is 2.97. The predicted octanol–water partition coefficient (Wildman–Crippen LogP) is 3.19. The van der Waals surface area contributed by atoms with Crippen molar-refractivity contribution >= 4 is 29.5 Å². The smallest absolute Gasteiger partial charge is 0.262 e. The first-order valence-corrected chi connectivity index (χ1v) is 9.04. The van der Waals surface area contributed by atoms with E-state index in [2.05, 4.69) is 16.2 Å². The van der Waals surface area contributed by atoms with Crippen molar-refractivity contribution in [1.82, 2.24) is 10.9 Å². The molecule has 28 heavy (non-hydrogen) atoms. The van der Waals surface area contributed by atoms with Crippen molar-refractivity contribution in [3.63, 3.8) is 0 Å². The molecule has 3 amide bonds. The van der Waals surface area contributed by atoms with E-state index in [1.54, 1.807) is 6.08 Å². The van der Waals surface area contributed by atoms with Crippen LogP contribution in [-0.4, -0.2) is 17.7 Å². The molecule has 0 heterocycles. The van der Waals surface area contributed by atoms with Gasteiger partial charge < -0.3 is 5.32 Å². The highest BCUT2D eigenvalue weighted by molar-refractivity contribution is 5.95. The van der Waals surface area contributed by atoms with E-state index in [9.17, 15) is 14.4 Å². The number of hydrazine groups is 1. The molecule has 0 fully saturated rings. The number of anilines is 1. The topological polar surface area (TPSA) is 87.3 Å². The third kappa shape index (κ3) is 7.07. The molecule has 0 unspecified atom stereocenters. The maximum atomic E-state index is 11.9. The molecule has 0 aliphatic carbocycles. The molecule has 2 aromatic carbocycles. The second-order valence-electron chi connectivity index (χ2n) is 6.63. The summed E-state index contributed by atoms with van der Waals surface area (Å²) in [4.78, 5) is 35.5. The highest BCUT2D eigenvalue weighted by Gasteiger charge is 2.08. The van der Waals surface area contributed by atoms with Crippen molar-refractivity contribution < 1.29 is 14.4 Å². The summed E-state index contributed by atoms with van der Waals surface area (Å²) >= 11 is 0. The minimum Gasteiger partial charge on any atom is -0.326 e. The Hall–Kier alpha value is -3.41. The van der Waals surface area contributed by atoms with Gasteiger partial charge in [-0.05, 0) is 55.7 Å². The van der Waals surface area contributed by atoms with Gasteiger partial charge >= 0.3 is 0 Å². The number of hydrogen-bond acceptors (Lipinski definition) is 3. The zero-order valence-corrected chi connectivity index (χ0v) is 16.3. The van der Waals surface area contributed by atoms with Gasteiger partial charge in [-0.15, -0.1) is 0 Å².